The molecule has 8 atom stereocenters. The zero-order valence-corrected chi connectivity index (χ0v) is 19.3. The van der Waals surface area contributed by atoms with E-state index >= 15 is 0 Å². The number of benzene rings is 1. The second-order valence-corrected chi connectivity index (χ2v) is 10.7. The van der Waals surface area contributed by atoms with Crippen molar-refractivity contribution >= 4 is 6.09 Å². The summed E-state index contributed by atoms with van der Waals surface area (Å²) >= 11 is 0. The third-order valence-electron chi connectivity index (χ3n) is 9.59. The molecule has 1 aromatic heterocycles. The van der Waals surface area contributed by atoms with Gasteiger partial charge in [0.1, 0.15) is 6.10 Å². The number of hydrogen-bond donors (Lipinski definition) is 0. The molecule has 34 heavy (non-hydrogen) atoms. The Balaban J connectivity index is 1.15. The van der Waals surface area contributed by atoms with Crippen molar-refractivity contribution in [2.75, 3.05) is 20.7 Å². The van der Waals surface area contributed by atoms with E-state index in [2.05, 4.69) is 35.1 Å². The number of hydrogen-bond acceptors (Lipinski definition) is 6. The second kappa shape index (κ2) is 6.13. The first-order valence-electron chi connectivity index (χ1n) is 12.3. The molecule has 174 valence electrons. The van der Waals surface area contributed by atoms with E-state index in [-0.39, 0.29) is 29.2 Å². The van der Waals surface area contributed by atoms with Crippen LogP contribution < -0.4 is 9.47 Å². The van der Waals surface area contributed by atoms with Crippen LogP contribution in [0.3, 0.4) is 0 Å². The first-order valence-corrected chi connectivity index (χ1v) is 12.3. The van der Waals surface area contributed by atoms with Crippen LogP contribution in [0.2, 0.25) is 0 Å². The Kier molecular flexibility index (Phi) is 3.48. The molecule has 1 amide bonds. The summed E-state index contributed by atoms with van der Waals surface area (Å²) in [6, 6.07) is 8.73. The molecule has 3 fully saturated rings. The summed E-state index contributed by atoms with van der Waals surface area (Å²) in [6.45, 7) is 0.697. The van der Waals surface area contributed by atoms with Crippen LogP contribution in [-0.2, 0) is 15.7 Å². The lowest BCUT2D eigenvalue weighted by Crippen LogP contribution is -2.53. The predicted molar refractivity (Wildman–Crippen MR) is 123 cm³/mol. The van der Waals surface area contributed by atoms with Crippen molar-refractivity contribution in [1.29, 1.82) is 0 Å². The number of likely N-dealkylation sites (N-methyl/N-ethyl adjacent to an activating group) is 1. The molecule has 2 aromatic rings. The van der Waals surface area contributed by atoms with Gasteiger partial charge in [-0.15, -0.1) is 0 Å². The lowest BCUT2D eigenvalue weighted by molar-refractivity contribution is -0.0177. The van der Waals surface area contributed by atoms with Gasteiger partial charge in [0.25, 0.3) is 0 Å². The maximum Gasteiger partial charge on any atom is 0.411 e. The maximum atomic E-state index is 13.5. The normalized spacial score (nSPS) is 41.2. The smallest absolute Gasteiger partial charge is 0.411 e. The zero-order valence-electron chi connectivity index (χ0n) is 19.3. The van der Waals surface area contributed by atoms with E-state index in [0.717, 1.165) is 36.3 Å². The molecule has 0 radical (unpaired) electrons. The average molecular weight is 458 g/mol. The van der Waals surface area contributed by atoms with E-state index in [9.17, 15) is 4.79 Å². The SMILES string of the molecule is COc1ccc2c3c1O[C@H]1[C@@H](OC(=O)N4CCC[C@H]4c4cccnc4)C=C[C@H]4[C@@H]5N(C)C25C[C@@]341. The summed E-state index contributed by atoms with van der Waals surface area (Å²) < 4.78 is 18.6. The molecule has 0 N–H and O–H groups in total. The summed E-state index contributed by atoms with van der Waals surface area (Å²) in [7, 11) is 3.93. The fourth-order valence-electron chi connectivity index (χ4n) is 8.30. The number of nitrogens with zero attached hydrogens (tertiary/aromatic N) is 3. The Labute approximate surface area is 198 Å². The highest BCUT2D eigenvalue weighted by atomic mass is 16.6. The highest BCUT2D eigenvalue weighted by Gasteiger charge is 2.85. The summed E-state index contributed by atoms with van der Waals surface area (Å²) in [4.78, 5) is 22.1. The molecule has 2 unspecified atom stereocenters. The number of pyridine rings is 1. The van der Waals surface area contributed by atoms with Gasteiger partial charge >= 0.3 is 6.09 Å². The van der Waals surface area contributed by atoms with Gasteiger partial charge in [0.2, 0.25) is 0 Å². The van der Waals surface area contributed by atoms with E-state index in [1.54, 1.807) is 13.3 Å². The molecule has 2 bridgehead atoms. The maximum absolute atomic E-state index is 13.5. The van der Waals surface area contributed by atoms with Crippen LogP contribution in [0.1, 0.15) is 42.0 Å². The molecule has 3 aliphatic heterocycles. The summed E-state index contributed by atoms with van der Waals surface area (Å²) in [5.41, 5.74) is 3.68. The van der Waals surface area contributed by atoms with Crippen molar-refractivity contribution in [3.8, 4) is 11.5 Å². The number of methoxy groups -OCH3 is 1. The number of amides is 1. The number of fused-ring (bicyclic) bond motifs is 1. The lowest BCUT2D eigenvalue weighted by Gasteiger charge is -2.42. The topological polar surface area (TPSA) is 63.9 Å². The Morgan fingerprint density at radius 2 is 2.18 bits per heavy atom. The third-order valence-corrected chi connectivity index (χ3v) is 9.59. The van der Waals surface area contributed by atoms with Crippen LogP contribution in [0.5, 0.6) is 11.5 Å². The summed E-state index contributed by atoms with van der Waals surface area (Å²) in [5.74, 6) is 1.99. The van der Waals surface area contributed by atoms with E-state index in [4.69, 9.17) is 14.2 Å². The number of piperidine rings is 1. The monoisotopic (exact) mass is 457 g/mol. The molecule has 2 spiro atoms. The Morgan fingerprint density at radius 3 is 3.00 bits per heavy atom. The molecule has 2 saturated heterocycles. The quantitative estimate of drug-likeness (QED) is 0.519. The average Bonchev–Trinajstić information content (AvgIpc) is 3.37. The van der Waals surface area contributed by atoms with E-state index < -0.39 is 6.10 Å². The van der Waals surface area contributed by atoms with Crippen molar-refractivity contribution in [2.45, 2.75) is 54.5 Å². The molecular formula is C27H27N3O4. The molecule has 4 heterocycles. The Morgan fingerprint density at radius 1 is 1.26 bits per heavy atom. The van der Waals surface area contributed by atoms with Crippen LogP contribution in [0.15, 0.2) is 48.8 Å². The zero-order chi connectivity index (χ0) is 22.8. The molecule has 3 aliphatic carbocycles. The van der Waals surface area contributed by atoms with E-state index in [1.807, 2.05) is 29.3 Å². The van der Waals surface area contributed by atoms with Crippen LogP contribution in [-0.4, -0.2) is 59.8 Å². The van der Waals surface area contributed by atoms with Crippen LogP contribution in [0.4, 0.5) is 4.79 Å². The van der Waals surface area contributed by atoms with Crippen molar-refractivity contribution in [1.82, 2.24) is 14.8 Å². The Hall–Kier alpha value is -3.06. The van der Waals surface area contributed by atoms with Gasteiger partial charge in [-0.25, -0.2) is 4.79 Å². The number of rotatable bonds is 3. The molecule has 8 rings (SSSR count). The van der Waals surface area contributed by atoms with Gasteiger partial charge < -0.3 is 19.1 Å². The summed E-state index contributed by atoms with van der Waals surface area (Å²) in [6.07, 6.45) is 9.98. The van der Waals surface area contributed by atoms with Crippen molar-refractivity contribution in [2.24, 2.45) is 5.92 Å². The van der Waals surface area contributed by atoms with Gasteiger partial charge in [-0.3, -0.25) is 9.88 Å². The lowest BCUT2D eigenvalue weighted by atomic mass is 9.64. The van der Waals surface area contributed by atoms with Gasteiger partial charge in [-0.2, -0.15) is 0 Å². The number of likely N-dealkylation sites (tertiary alicyclic amines) is 2. The summed E-state index contributed by atoms with van der Waals surface area (Å²) in [5, 5.41) is 0. The Bertz CT molecular complexity index is 1260. The van der Waals surface area contributed by atoms with Crippen LogP contribution in [0, 0.1) is 5.92 Å². The molecule has 1 aromatic carbocycles. The van der Waals surface area contributed by atoms with Gasteiger partial charge in [0, 0.05) is 36.5 Å². The molecule has 7 nitrogen and oxygen atoms in total. The van der Waals surface area contributed by atoms with Crippen LogP contribution in [0.25, 0.3) is 0 Å². The third kappa shape index (κ3) is 1.98. The van der Waals surface area contributed by atoms with E-state index in [0.29, 0.717) is 18.5 Å². The molecule has 6 aliphatic rings. The van der Waals surface area contributed by atoms with Gasteiger partial charge in [0.05, 0.1) is 24.1 Å². The highest BCUT2D eigenvalue weighted by Crippen LogP contribution is 2.80. The molecule has 1 saturated carbocycles. The van der Waals surface area contributed by atoms with Gasteiger partial charge in [-0.1, -0.05) is 18.2 Å². The first kappa shape index (κ1) is 19.3. The number of aromatic nitrogens is 1. The van der Waals surface area contributed by atoms with Crippen molar-refractivity contribution < 1.29 is 19.0 Å². The first-order chi connectivity index (χ1) is 16.6. The fraction of sp³-hybridized carbons (Fsp3) is 0.481. The van der Waals surface area contributed by atoms with Crippen molar-refractivity contribution in [3.05, 3.63) is 65.5 Å². The second-order valence-electron chi connectivity index (χ2n) is 10.7. The number of ether oxygens (including phenoxy) is 3. The van der Waals surface area contributed by atoms with Gasteiger partial charge in [-0.05, 0) is 55.6 Å². The largest absolute Gasteiger partial charge is 0.493 e. The fourth-order valence-corrected chi connectivity index (χ4v) is 8.30. The highest BCUT2D eigenvalue weighted by molar-refractivity contribution is 5.72. The minimum Gasteiger partial charge on any atom is -0.493 e. The van der Waals surface area contributed by atoms with E-state index in [1.165, 1.54) is 11.1 Å². The van der Waals surface area contributed by atoms with Gasteiger partial charge in [0.15, 0.2) is 17.6 Å². The van der Waals surface area contributed by atoms with Crippen LogP contribution >= 0.6 is 0 Å². The minimum absolute atomic E-state index is 0.00981. The minimum atomic E-state index is -0.429. The molecule has 7 heteroatoms. The molecular weight excluding hydrogens is 430 g/mol. The number of carbonyl (C=O) groups is 1. The predicted octanol–water partition coefficient (Wildman–Crippen LogP) is 3.54. The van der Waals surface area contributed by atoms with Crippen molar-refractivity contribution in [3.63, 3.8) is 0 Å². The number of carbonyl (C=O) groups excluding carboxylic acids is 1. The standard InChI is InChI=1S/C27H27N3O4/c1-29-23-17-8-10-20(33-25(31)30-12-4-6-18(30)15-5-3-11-28-13-15)24-26(17)14-27(23,29)16-7-9-19(32-2)22(34-24)21(16)26/h3,5,7-11,13,17-18,20,23-24H,4,6,12,14H2,1-2H3/t17-,18-,20-,23-,24-,26-,27?,29?/m0/s1.